The lowest BCUT2D eigenvalue weighted by Gasteiger charge is -2.15. The SMILES string of the molecule is COc1ccc(COc2cc(Cl)ccc2C(N)=O)c(Br)c1OC. The predicted molar refractivity (Wildman–Crippen MR) is 91.5 cm³/mol. The van der Waals surface area contributed by atoms with Crippen molar-refractivity contribution in [2.45, 2.75) is 6.61 Å². The molecule has 2 aromatic rings. The van der Waals surface area contributed by atoms with Crippen LogP contribution in [0.25, 0.3) is 0 Å². The van der Waals surface area contributed by atoms with E-state index in [4.69, 9.17) is 31.5 Å². The van der Waals surface area contributed by atoms with Crippen LogP contribution in [-0.2, 0) is 6.61 Å². The van der Waals surface area contributed by atoms with Crippen LogP contribution < -0.4 is 19.9 Å². The van der Waals surface area contributed by atoms with E-state index in [1.807, 2.05) is 6.07 Å². The van der Waals surface area contributed by atoms with Gasteiger partial charge in [0.05, 0.1) is 24.3 Å². The third-order valence-electron chi connectivity index (χ3n) is 3.16. The van der Waals surface area contributed by atoms with Crippen LogP contribution in [0, 0.1) is 0 Å². The summed E-state index contributed by atoms with van der Waals surface area (Å²) in [6.45, 7) is 0.196. The number of amides is 1. The highest BCUT2D eigenvalue weighted by atomic mass is 79.9. The monoisotopic (exact) mass is 399 g/mol. The first kappa shape index (κ1) is 17.4. The lowest BCUT2D eigenvalue weighted by Crippen LogP contribution is -2.13. The number of carbonyl (C=O) groups excluding carboxylic acids is 1. The number of methoxy groups -OCH3 is 2. The van der Waals surface area contributed by atoms with Crippen LogP contribution in [0.2, 0.25) is 5.02 Å². The Morgan fingerprint density at radius 1 is 1.17 bits per heavy atom. The Labute approximate surface area is 147 Å². The van der Waals surface area contributed by atoms with Gasteiger partial charge in [-0.2, -0.15) is 0 Å². The molecule has 0 bridgehead atoms. The minimum atomic E-state index is -0.581. The zero-order valence-corrected chi connectivity index (χ0v) is 14.9. The number of rotatable bonds is 6. The molecule has 0 heterocycles. The minimum absolute atomic E-state index is 0.196. The molecular formula is C16H15BrClNO4. The van der Waals surface area contributed by atoms with E-state index >= 15 is 0 Å². The summed E-state index contributed by atoms with van der Waals surface area (Å²) in [7, 11) is 3.11. The number of hydrogen-bond donors (Lipinski definition) is 1. The molecular weight excluding hydrogens is 386 g/mol. The van der Waals surface area contributed by atoms with Gasteiger partial charge in [-0.1, -0.05) is 17.7 Å². The van der Waals surface area contributed by atoms with Crippen LogP contribution in [0.1, 0.15) is 15.9 Å². The third-order valence-corrected chi connectivity index (χ3v) is 4.26. The second kappa shape index (κ2) is 7.57. The van der Waals surface area contributed by atoms with E-state index in [1.54, 1.807) is 32.4 Å². The number of benzene rings is 2. The largest absolute Gasteiger partial charge is 0.493 e. The number of primary amides is 1. The van der Waals surface area contributed by atoms with E-state index in [1.165, 1.54) is 6.07 Å². The fraction of sp³-hybridized carbons (Fsp3) is 0.188. The van der Waals surface area contributed by atoms with E-state index in [2.05, 4.69) is 15.9 Å². The Morgan fingerprint density at radius 3 is 2.52 bits per heavy atom. The Hall–Kier alpha value is -1.92. The van der Waals surface area contributed by atoms with Gasteiger partial charge in [0.2, 0.25) is 0 Å². The molecule has 0 radical (unpaired) electrons. The van der Waals surface area contributed by atoms with Crippen LogP contribution in [0.5, 0.6) is 17.2 Å². The Bertz CT molecular complexity index is 736. The Balaban J connectivity index is 2.28. The minimum Gasteiger partial charge on any atom is -0.493 e. The summed E-state index contributed by atoms with van der Waals surface area (Å²) < 4.78 is 17.0. The zero-order chi connectivity index (χ0) is 17.0. The van der Waals surface area contributed by atoms with Gasteiger partial charge in [-0.05, 0) is 40.2 Å². The molecule has 0 atom stereocenters. The molecule has 0 saturated heterocycles. The fourth-order valence-corrected chi connectivity index (χ4v) is 2.78. The molecule has 122 valence electrons. The molecule has 0 aliphatic rings. The normalized spacial score (nSPS) is 10.3. The number of halogens is 2. The van der Waals surface area contributed by atoms with Crippen molar-refractivity contribution in [3.63, 3.8) is 0 Å². The van der Waals surface area contributed by atoms with Crippen molar-refractivity contribution >= 4 is 33.4 Å². The highest BCUT2D eigenvalue weighted by Crippen LogP contribution is 2.38. The summed E-state index contributed by atoms with van der Waals surface area (Å²) >= 11 is 9.41. The summed E-state index contributed by atoms with van der Waals surface area (Å²) in [4.78, 5) is 11.4. The molecule has 0 unspecified atom stereocenters. The summed E-state index contributed by atoms with van der Waals surface area (Å²) in [5, 5.41) is 0.455. The molecule has 0 spiro atoms. The summed E-state index contributed by atoms with van der Waals surface area (Å²) in [5.74, 6) is 0.910. The van der Waals surface area contributed by atoms with Gasteiger partial charge in [0.25, 0.3) is 5.91 Å². The summed E-state index contributed by atoms with van der Waals surface area (Å²) in [5.41, 5.74) is 6.43. The first-order valence-corrected chi connectivity index (χ1v) is 7.76. The van der Waals surface area contributed by atoms with Crippen molar-refractivity contribution < 1.29 is 19.0 Å². The van der Waals surface area contributed by atoms with Crippen LogP contribution in [0.15, 0.2) is 34.8 Å². The van der Waals surface area contributed by atoms with Gasteiger partial charge < -0.3 is 19.9 Å². The van der Waals surface area contributed by atoms with Crippen molar-refractivity contribution in [2.75, 3.05) is 14.2 Å². The number of hydrogen-bond acceptors (Lipinski definition) is 4. The predicted octanol–water partition coefficient (Wildman–Crippen LogP) is 3.80. The molecule has 23 heavy (non-hydrogen) atoms. The molecule has 0 aliphatic carbocycles. The van der Waals surface area contributed by atoms with Crippen molar-refractivity contribution in [3.8, 4) is 17.2 Å². The maximum Gasteiger partial charge on any atom is 0.252 e. The van der Waals surface area contributed by atoms with Crippen LogP contribution in [0.3, 0.4) is 0 Å². The van der Waals surface area contributed by atoms with Crippen LogP contribution in [0.4, 0.5) is 0 Å². The molecule has 5 nitrogen and oxygen atoms in total. The van der Waals surface area contributed by atoms with Gasteiger partial charge in [-0.15, -0.1) is 0 Å². The van der Waals surface area contributed by atoms with Crippen molar-refractivity contribution in [3.05, 3.63) is 51.0 Å². The van der Waals surface area contributed by atoms with Gasteiger partial charge in [0, 0.05) is 10.6 Å². The molecule has 7 heteroatoms. The fourth-order valence-electron chi connectivity index (χ4n) is 2.02. The summed E-state index contributed by atoms with van der Waals surface area (Å²) in [6, 6.07) is 8.27. The van der Waals surface area contributed by atoms with Crippen LogP contribution in [-0.4, -0.2) is 20.1 Å². The number of carbonyl (C=O) groups is 1. The second-order valence-corrected chi connectivity index (χ2v) is 5.80. The molecule has 2 N–H and O–H groups in total. The summed E-state index contributed by atoms with van der Waals surface area (Å²) in [6.07, 6.45) is 0. The smallest absolute Gasteiger partial charge is 0.252 e. The standard InChI is InChI=1S/C16H15BrClNO4/c1-21-12-6-3-9(14(17)15(12)22-2)8-23-13-7-10(18)4-5-11(13)16(19)20/h3-7H,8H2,1-2H3,(H2,19,20). The van der Waals surface area contributed by atoms with Crippen molar-refractivity contribution in [1.29, 1.82) is 0 Å². The number of nitrogens with two attached hydrogens (primary N) is 1. The van der Waals surface area contributed by atoms with E-state index in [0.717, 1.165) is 5.56 Å². The first-order valence-electron chi connectivity index (χ1n) is 6.59. The lowest BCUT2D eigenvalue weighted by molar-refractivity contribution is 0.0996. The van der Waals surface area contributed by atoms with Crippen molar-refractivity contribution in [1.82, 2.24) is 0 Å². The van der Waals surface area contributed by atoms with Crippen LogP contribution >= 0.6 is 27.5 Å². The van der Waals surface area contributed by atoms with E-state index in [0.29, 0.717) is 26.7 Å². The molecule has 0 saturated carbocycles. The van der Waals surface area contributed by atoms with Crippen molar-refractivity contribution in [2.24, 2.45) is 5.73 Å². The zero-order valence-electron chi connectivity index (χ0n) is 12.6. The average Bonchev–Trinajstić information content (AvgIpc) is 2.53. The quantitative estimate of drug-likeness (QED) is 0.801. The van der Waals surface area contributed by atoms with Gasteiger partial charge in [0.15, 0.2) is 11.5 Å². The van der Waals surface area contributed by atoms with E-state index < -0.39 is 5.91 Å². The molecule has 0 fully saturated rings. The maximum atomic E-state index is 11.4. The molecule has 1 amide bonds. The molecule has 0 aliphatic heterocycles. The molecule has 2 aromatic carbocycles. The first-order chi connectivity index (χ1) is 11.0. The maximum absolute atomic E-state index is 11.4. The van der Waals surface area contributed by atoms with Gasteiger partial charge in [-0.25, -0.2) is 0 Å². The second-order valence-electron chi connectivity index (χ2n) is 4.57. The number of ether oxygens (including phenoxy) is 3. The third kappa shape index (κ3) is 3.89. The van der Waals surface area contributed by atoms with E-state index in [9.17, 15) is 4.79 Å². The topological polar surface area (TPSA) is 70.8 Å². The molecule has 0 aromatic heterocycles. The van der Waals surface area contributed by atoms with Gasteiger partial charge >= 0.3 is 0 Å². The highest BCUT2D eigenvalue weighted by molar-refractivity contribution is 9.10. The van der Waals surface area contributed by atoms with Gasteiger partial charge in [0.1, 0.15) is 12.4 Å². The Kier molecular flexibility index (Phi) is 5.74. The average molecular weight is 401 g/mol. The highest BCUT2D eigenvalue weighted by Gasteiger charge is 2.15. The Morgan fingerprint density at radius 2 is 1.91 bits per heavy atom. The molecule has 2 rings (SSSR count). The lowest BCUT2D eigenvalue weighted by atomic mass is 10.2. The van der Waals surface area contributed by atoms with E-state index in [-0.39, 0.29) is 12.2 Å². The van der Waals surface area contributed by atoms with Gasteiger partial charge in [-0.3, -0.25) is 4.79 Å².